The SMILES string of the molecule is O=[N+]([O-])c1cccc(C2=COC=CB2)c1. The summed E-state index contributed by atoms with van der Waals surface area (Å²) in [6.07, 6.45) is 3.21. The highest BCUT2D eigenvalue weighted by atomic mass is 16.6. The van der Waals surface area contributed by atoms with Crippen LogP contribution in [0.4, 0.5) is 5.69 Å². The third-order valence-corrected chi connectivity index (χ3v) is 2.15. The van der Waals surface area contributed by atoms with E-state index in [1.807, 2.05) is 12.0 Å². The van der Waals surface area contributed by atoms with Gasteiger partial charge in [0.15, 0.2) is 7.28 Å². The van der Waals surface area contributed by atoms with Gasteiger partial charge in [-0.2, -0.15) is 0 Å². The summed E-state index contributed by atoms with van der Waals surface area (Å²) in [6.45, 7) is 0. The molecular formula is C10H8BNO3. The van der Waals surface area contributed by atoms with Crippen molar-refractivity contribution in [2.24, 2.45) is 0 Å². The van der Waals surface area contributed by atoms with Crippen molar-refractivity contribution in [1.82, 2.24) is 0 Å². The van der Waals surface area contributed by atoms with Crippen molar-refractivity contribution in [2.45, 2.75) is 0 Å². The molecule has 0 atom stereocenters. The highest BCUT2D eigenvalue weighted by Crippen LogP contribution is 2.20. The number of nitrogens with zero attached hydrogens (tertiary/aromatic N) is 1. The lowest BCUT2D eigenvalue weighted by Crippen LogP contribution is -1.98. The zero-order chi connectivity index (χ0) is 10.7. The maximum Gasteiger partial charge on any atom is 0.270 e. The van der Waals surface area contributed by atoms with Crippen LogP contribution in [0.15, 0.2) is 42.8 Å². The van der Waals surface area contributed by atoms with Crippen molar-refractivity contribution >= 4 is 18.4 Å². The van der Waals surface area contributed by atoms with Gasteiger partial charge in [-0.3, -0.25) is 10.1 Å². The van der Waals surface area contributed by atoms with Crippen LogP contribution in [0, 0.1) is 10.1 Å². The molecule has 0 radical (unpaired) electrons. The van der Waals surface area contributed by atoms with Gasteiger partial charge in [-0.15, -0.1) is 0 Å². The Bertz CT molecular complexity index is 454. The van der Waals surface area contributed by atoms with E-state index in [1.165, 1.54) is 6.07 Å². The first-order valence-electron chi connectivity index (χ1n) is 4.52. The minimum absolute atomic E-state index is 0.1000. The molecule has 74 valence electrons. The minimum Gasteiger partial charge on any atom is -0.474 e. The van der Waals surface area contributed by atoms with Crippen molar-refractivity contribution in [1.29, 1.82) is 0 Å². The predicted octanol–water partition coefficient (Wildman–Crippen LogP) is 1.83. The van der Waals surface area contributed by atoms with Gasteiger partial charge in [0.25, 0.3) is 5.69 Å². The molecule has 0 fully saturated rings. The van der Waals surface area contributed by atoms with Crippen molar-refractivity contribution < 1.29 is 9.66 Å². The Balaban J connectivity index is 2.32. The maximum atomic E-state index is 10.6. The molecule has 1 aromatic rings. The Morgan fingerprint density at radius 2 is 2.27 bits per heavy atom. The van der Waals surface area contributed by atoms with E-state index >= 15 is 0 Å². The van der Waals surface area contributed by atoms with Gasteiger partial charge in [0.05, 0.1) is 17.4 Å². The van der Waals surface area contributed by atoms with Crippen LogP contribution >= 0.6 is 0 Å². The largest absolute Gasteiger partial charge is 0.474 e. The van der Waals surface area contributed by atoms with E-state index in [2.05, 4.69) is 0 Å². The number of benzene rings is 1. The number of nitro groups is 1. The van der Waals surface area contributed by atoms with E-state index in [4.69, 9.17) is 4.74 Å². The number of nitro benzene ring substituents is 1. The van der Waals surface area contributed by atoms with Gasteiger partial charge < -0.3 is 4.74 Å². The summed E-state index contributed by atoms with van der Waals surface area (Å²) < 4.78 is 5.02. The lowest BCUT2D eigenvalue weighted by Gasteiger charge is -2.07. The number of ether oxygens (including phenoxy) is 1. The first-order valence-corrected chi connectivity index (χ1v) is 4.52. The average molecular weight is 201 g/mol. The zero-order valence-electron chi connectivity index (χ0n) is 7.92. The Labute approximate surface area is 87.3 Å². The molecule has 0 saturated heterocycles. The molecule has 1 aliphatic rings. The van der Waals surface area contributed by atoms with Crippen LogP contribution in [0.5, 0.6) is 0 Å². The third kappa shape index (κ3) is 2.07. The summed E-state index contributed by atoms with van der Waals surface area (Å²) in [5.41, 5.74) is 1.87. The molecule has 0 aromatic heterocycles. The Morgan fingerprint density at radius 1 is 1.40 bits per heavy atom. The standard InChI is InChI=1S/C10H8BNO3/c13-12(14)9-3-1-2-8(6-9)10-7-15-5-4-11-10/h1-7,11H. The summed E-state index contributed by atoms with van der Waals surface area (Å²) in [5, 5.41) is 10.6. The molecule has 2 rings (SSSR count). The fourth-order valence-corrected chi connectivity index (χ4v) is 1.41. The molecule has 5 heteroatoms. The van der Waals surface area contributed by atoms with Crippen molar-refractivity contribution in [2.75, 3.05) is 0 Å². The number of hydrogen-bond donors (Lipinski definition) is 0. The normalized spacial score (nSPS) is 13.7. The van der Waals surface area contributed by atoms with Crippen LogP contribution < -0.4 is 0 Å². The molecule has 0 aliphatic carbocycles. The maximum absolute atomic E-state index is 10.6. The number of non-ortho nitro benzene ring substituents is 1. The van der Waals surface area contributed by atoms with Gasteiger partial charge >= 0.3 is 0 Å². The summed E-state index contributed by atoms with van der Waals surface area (Å²) in [6, 6.07) is 6.53. The molecule has 0 amide bonds. The molecule has 0 N–H and O–H groups in total. The minimum atomic E-state index is -0.399. The van der Waals surface area contributed by atoms with E-state index in [0.717, 1.165) is 18.3 Å². The Morgan fingerprint density at radius 3 is 2.93 bits per heavy atom. The Kier molecular flexibility index (Phi) is 2.54. The molecule has 4 nitrogen and oxygen atoms in total. The first kappa shape index (κ1) is 9.52. The smallest absolute Gasteiger partial charge is 0.270 e. The first-order chi connectivity index (χ1) is 7.27. The molecule has 0 bridgehead atoms. The predicted molar refractivity (Wildman–Crippen MR) is 58.4 cm³/mol. The van der Waals surface area contributed by atoms with E-state index in [-0.39, 0.29) is 5.69 Å². The lowest BCUT2D eigenvalue weighted by molar-refractivity contribution is -0.384. The van der Waals surface area contributed by atoms with E-state index < -0.39 is 4.92 Å². The van der Waals surface area contributed by atoms with Crippen molar-refractivity contribution in [3.63, 3.8) is 0 Å². The summed E-state index contributed by atoms with van der Waals surface area (Å²) in [5.74, 6) is 1.87. The summed E-state index contributed by atoms with van der Waals surface area (Å²) in [7, 11) is 0.737. The molecule has 15 heavy (non-hydrogen) atoms. The highest BCUT2D eigenvalue weighted by Gasteiger charge is 2.10. The second-order valence-electron chi connectivity index (χ2n) is 3.16. The van der Waals surface area contributed by atoms with Crippen LogP contribution in [0.2, 0.25) is 0 Å². The second kappa shape index (κ2) is 4.00. The molecule has 1 aromatic carbocycles. The topological polar surface area (TPSA) is 52.4 Å². The average Bonchev–Trinajstić information content (AvgIpc) is 2.30. The van der Waals surface area contributed by atoms with Gasteiger partial charge in [-0.05, 0) is 11.0 Å². The molecule has 0 saturated carbocycles. The molecular weight excluding hydrogens is 193 g/mol. The summed E-state index contributed by atoms with van der Waals surface area (Å²) >= 11 is 0. The Hall–Kier alpha value is -2.04. The molecule has 0 spiro atoms. The van der Waals surface area contributed by atoms with Crippen molar-refractivity contribution in [3.05, 3.63) is 58.4 Å². The fraction of sp³-hybridized carbons (Fsp3) is 0. The molecule has 1 aliphatic heterocycles. The van der Waals surface area contributed by atoms with E-state index in [0.29, 0.717) is 0 Å². The van der Waals surface area contributed by atoms with E-state index in [1.54, 1.807) is 24.7 Å². The quantitative estimate of drug-likeness (QED) is 0.416. The van der Waals surface area contributed by atoms with Crippen LogP contribution in [0.3, 0.4) is 0 Å². The van der Waals surface area contributed by atoms with Gasteiger partial charge in [0.1, 0.15) is 0 Å². The lowest BCUT2D eigenvalue weighted by atomic mass is 9.67. The van der Waals surface area contributed by atoms with Gasteiger partial charge in [0.2, 0.25) is 0 Å². The van der Waals surface area contributed by atoms with E-state index in [9.17, 15) is 10.1 Å². The number of hydrogen-bond acceptors (Lipinski definition) is 3. The zero-order valence-corrected chi connectivity index (χ0v) is 7.92. The monoisotopic (exact) mass is 201 g/mol. The summed E-state index contributed by atoms with van der Waals surface area (Å²) in [4.78, 5) is 10.2. The number of rotatable bonds is 2. The van der Waals surface area contributed by atoms with Crippen LogP contribution in [-0.4, -0.2) is 12.2 Å². The third-order valence-electron chi connectivity index (χ3n) is 2.15. The fourth-order valence-electron chi connectivity index (χ4n) is 1.41. The second-order valence-corrected chi connectivity index (χ2v) is 3.16. The highest BCUT2D eigenvalue weighted by molar-refractivity contribution is 6.65. The molecule has 1 heterocycles. The van der Waals surface area contributed by atoms with Crippen LogP contribution in [0.1, 0.15) is 5.56 Å². The van der Waals surface area contributed by atoms with Crippen molar-refractivity contribution in [3.8, 4) is 0 Å². The van der Waals surface area contributed by atoms with Gasteiger partial charge in [-0.25, -0.2) is 0 Å². The van der Waals surface area contributed by atoms with Gasteiger partial charge in [-0.1, -0.05) is 18.1 Å². The van der Waals surface area contributed by atoms with Gasteiger partial charge in [0, 0.05) is 12.1 Å². The van der Waals surface area contributed by atoms with Crippen LogP contribution in [0.25, 0.3) is 5.47 Å². The molecule has 0 unspecified atom stereocenters. The van der Waals surface area contributed by atoms with Crippen LogP contribution in [-0.2, 0) is 4.74 Å².